The Morgan fingerprint density at radius 2 is 1.80 bits per heavy atom. The van der Waals surface area contributed by atoms with Crippen LogP contribution in [0.15, 0.2) is 36.4 Å². The van der Waals surface area contributed by atoms with E-state index in [1.807, 2.05) is 18.2 Å². The maximum absolute atomic E-state index is 12.8. The molecule has 2 amide bonds. The van der Waals surface area contributed by atoms with Crippen molar-refractivity contribution in [3.05, 3.63) is 47.5 Å². The zero-order valence-electron chi connectivity index (χ0n) is 17.1. The van der Waals surface area contributed by atoms with Crippen LogP contribution in [0, 0.1) is 5.92 Å². The summed E-state index contributed by atoms with van der Waals surface area (Å²) in [6, 6.07) is 10.5. The van der Waals surface area contributed by atoms with Crippen LogP contribution in [0.2, 0.25) is 0 Å². The number of amides is 2. The summed E-state index contributed by atoms with van der Waals surface area (Å²) >= 11 is 0. The van der Waals surface area contributed by atoms with Gasteiger partial charge in [-0.15, -0.1) is 0 Å². The van der Waals surface area contributed by atoms with Gasteiger partial charge in [-0.05, 0) is 48.6 Å². The Labute approximate surface area is 175 Å². The van der Waals surface area contributed by atoms with Crippen molar-refractivity contribution in [2.75, 3.05) is 32.8 Å². The Morgan fingerprint density at radius 3 is 2.40 bits per heavy atom. The van der Waals surface area contributed by atoms with Gasteiger partial charge in [-0.1, -0.05) is 12.1 Å². The Morgan fingerprint density at radius 1 is 1.10 bits per heavy atom. The van der Waals surface area contributed by atoms with Crippen LogP contribution in [0.1, 0.15) is 28.8 Å². The largest absolute Gasteiger partial charge is 0.493 e. The number of hydrogen-bond donors (Lipinski definition) is 2. The van der Waals surface area contributed by atoms with Crippen LogP contribution in [0.4, 0.5) is 5.69 Å². The fraction of sp³-hybridized carbons (Fsp3) is 0.364. The van der Waals surface area contributed by atoms with Crippen LogP contribution in [0.5, 0.6) is 17.2 Å². The lowest BCUT2D eigenvalue weighted by Gasteiger charge is -2.15. The molecule has 160 valence electrons. The molecule has 30 heavy (non-hydrogen) atoms. The van der Waals surface area contributed by atoms with Gasteiger partial charge in [-0.3, -0.25) is 9.59 Å². The van der Waals surface area contributed by atoms with Crippen LogP contribution in [-0.2, 0) is 16.1 Å². The molecule has 1 aliphatic rings. The Kier molecular flexibility index (Phi) is 7.13. The van der Waals surface area contributed by atoms with Crippen molar-refractivity contribution in [1.82, 2.24) is 0 Å². The highest BCUT2D eigenvalue weighted by molar-refractivity contribution is 6.05. The van der Waals surface area contributed by atoms with Crippen LogP contribution < -0.4 is 25.3 Å². The lowest BCUT2D eigenvalue weighted by Crippen LogP contribution is -2.20. The zero-order valence-corrected chi connectivity index (χ0v) is 17.1. The van der Waals surface area contributed by atoms with E-state index in [0.717, 1.165) is 12.2 Å². The van der Waals surface area contributed by atoms with E-state index >= 15 is 0 Å². The van der Waals surface area contributed by atoms with Gasteiger partial charge in [0.25, 0.3) is 11.8 Å². The predicted molar refractivity (Wildman–Crippen MR) is 111 cm³/mol. The van der Waals surface area contributed by atoms with Crippen LogP contribution >= 0.6 is 0 Å². The minimum atomic E-state index is -0.637. The second-order valence-electron chi connectivity index (χ2n) is 7.08. The van der Waals surface area contributed by atoms with E-state index in [4.69, 9.17) is 24.7 Å². The van der Waals surface area contributed by atoms with E-state index in [2.05, 4.69) is 5.32 Å². The van der Waals surface area contributed by atoms with Crippen LogP contribution in [0.25, 0.3) is 0 Å². The third-order valence-corrected chi connectivity index (χ3v) is 4.59. The Balaban J connectivity index is 1.71. The van der Waals surface area contributed by atoms with Crippen molar-refractivity contribution in [3.8, 4) is 17.2 Å². The quantitative estimate of drug-likeness (QED) is 0.585. The Bertz CT molecular complexity index is 885. The van der Waals surface area contributed by atoms with E-state index in [1.54, 1.807) is 6.07 Å². The number of nitrogens with one attached hydrogen (secondary N) is 1. The van der Waals surface area contributed by atoms with Crippen LogP contribution in [0.3, 0.4) is 0 Å². The number of carbonyl (C=O) groups is 2. The number of anilines is 1. The fourth-order valence-electron chi connectivity index (χ4n) is 2.87. The molecule has 1 fully saturated rings. The van der Waals surface area contributed by atoms with Gasteiger partial charge in [0.15, 0.2) is 18.1 Å². The van der Waals surface area contributed by atoms with Crippen molar-refractivity contribution < 1.29 is 28.5 Å². The molecule has 0 bridgehead atoms. The van der Waals surface area contributed by atoms with Crippen molar-refractivity contribution in [2.45, 2.75) is 19.4 Å². The van der Waals surface area contributed by atoms with Crippen molar-refractivity contribution >= 4 is 17.5 Å². The fourth-order valence-corrected chi connectivity index (χ4v) is 2.87. The molecule has 0 aromatic heterocycles. The average Bonchev–Trinajstić information content (AvgIpc) is 3.56. The maximum Gasteiger partial charge on any atom is 0.255 e. The minimum Gasteiger partial charge on any atom is -0.493 e. The van der Waals surface area contributed by atoms with Crippen molar-refractivity contribution in [1.29, 1.82) is 0 Å². The van der Waals surface area contributed by atoms with Gasteiger partial charge in [0, 0.05) is 17.9 Å². The molecule has 8 nitrogen and oxygen atoms in total. The normalized spacial score (nSPS) is 12.9. The van der Waals surface area contributed by atoms with E-state index in [9.17, 15) is 9.59 Å². The van der Waals surface area contributed by atoms with E-state index in [0.29, 0.717) is 23.8 Å². The summed E-state index contributed by atoms with van der Waals surface area (Å²) in [5.41, 5.74) is 7.08. The number of nitrogens with two attached hydrogens (primary N) is 1. The number of benzene rings is 2. The minimum absolute atomic E-state index is 0.199. The molecule has 8 heteroatoms. The highest BCUT2D eigenvalue weighted by atomic mass is 16.5. The third kappa shape index (κ3) is 5.87. The first-order valence-corrected chi connectivity index (χ1v) is 9.65. The second kappa shape index (κ2) is 9.98. The first-order chi connectivity index (χ1) is 14.5. The zero-order chi connectivity index (χ0) is 21.5. The molecule has 0 heterocycles. The summed E-state index contributed by atoms with van der Waals surface area (Å²) in [6.45, 7) is 0.946. The molecule has 1 saturated carbocycles. The maximum atomic E-state index is 12.8. The van der Waals surface area contributed by atoms with Gasteiger partial charge in [0.2, 0.25) is 5.75 Å². The molecule has 0 atom stereocenters. The summed E-state index contributed by atoms with van der Waals surface area (Å²) in [6.07, 6.45) is 2.49. The molecular formula is C22H26N2O6. The summed E-state index contributed by atoms with van der Waals surface area (Å²) < 4.78 is 21.7. The lowest BCUT2D eigenvalue weighted by atomic mass is 10.1. The number of ether oxygens (including phenoxy) is 4. The average molecular weight is 414 g/mol. The molecule has 0 saturated heterocycles. The SMILES string of the molecule is COc1cc(C(=O)Nc2cccc(COCC3CC3)c2)cc(OC)c1OCC(N)=O. The topological polar surface area (TPSA) is 109 Å². The number of rotatable bonds is 11. The molecule has 0 radical (unpaired) electrons. The highest BCUT2D eigenvalue weighted by Gasteiger charge is 2.21. The number of primary amides is 1. The molecule has 1 aliphatic carbocycles. The summed E-state index contributed by atoms with van der Waals surface area (Å²) in [5, 5.41) is 2.86. The summed E-state index contributed by atoms with van der Waals surface area (Å²) in [4.78, 5) is 23.8. The first kappa shape index (κ1) is 21.4. The van der Waals surface area contributed by atoms with Gasteiger partial charge >= 0.3 is 0 Å². The molecule has 0 unspecified atom stereocenters. The van der Waals surface area contributed by atoms with E-state index in [1.165, 1.54) is 39.2 Å². The Hall–Kier alpha value is -3.26. The molecule has 0 aliphatic heterocycles. The van der Waals surface area contributed by atoms with Crippen molar-refractivity contribution in [2.24, 2.45) is 11.7 Å². The summed E-state index contributed by atoms with van der Waals surface area (Å²) in [5.74, 6) is 0.426. The first-order valence-electron chi connectivity index (χ1n) is 9.65. The predicted octanol–water partition coefficient (Wildman–Crippen LogP) is 2.75. The standard InChI is InChI=1S/C22H26N2O6/c1-27-18-9-16(10-19(28-2)21(18)30-13-20(23)25)22(26)24-17-5-3-4-15(8-17)12-29-11-14-6-7-14/h3-5,8-10,14H,6-7,11-13H2,1-2H3,(H2,23,25)(H,24,26). The molecule has 2 aromatic carbocycles. The van der Waals surface area contributed by atoms with E-state index < -0.39 is 5.91 Å². The van der Waals surface area contributed by atoms with Crippen LogP contribution in [-0.4, -0.2) is 39.2 Å². The van der Waals surface area contributed by atoms with Gasteiger partial charge in [-0.2, -0.15) is 0 Å². The number of hydrogen-bond acceptors (Lipinski definition) is 6. The molecule has 3 N–H and O–H groups in total. The molecule has 3 rings (SSSR count). The smallest absolute Gasteiger partial charge is 0.255 e. The molecular weight excluding hydrogens is 388 g/mol. The number of methoxy groups -OCH3 is 2. The molecule has 0 spiro atoms. The monoisotopic (exact) mass is 414 g/mol. The number of carbonyl (C=O) groups excluding carboxylic acids is 2. The van der Waals surface area contributed by atoms with Gasteiger partial charge < -0.3 is 30.0 Å². The van der Waals surface area contributed by atoms with E-state index in [-0.39, 0.29) is 29.8 Å². The third-order valence-electron chi connectivity index (χ3n) is 4.59. The van der Waals surface area contributed by atoms with Gasteiger partial charge in [0.1, 0.15) is 0 Å². The lowest BCUT2D eigenvalue weighted by molar-refractivity contribution is -0.120. The van der Waals surface area contributed by atoms with Gasteiger partial charge in [-0.25, -0.2) is 0 Å². The molecule has 2 aromatic rings. The van der Waals surface area contributed by atoms with Crippen molar-refractivity contribution in [3.63, 3.8) is 0 Å². The highest BCUT2D eigenvalue weighted by Crippen LogP contribution is 2.38. The van der Waals surface area contributed by atoms with Gasteiger partial charge in [0.05, 0.1) is 20.8 Å². The summed E-state index contributed by atoms with van der Waals surface area (Å²) in [7, 11) is 2.86. The second-order valence-corrected chi connectivity index (χ2v) is 7.08.